The Morgan fingerprint density at radius 3 is 2.67 bits per heavy atom. The highest BCUT2D eigenvalue weighted by Crippen LogP contribution is 2.39. The average Bonchev–Trinajstić information content (AvgIpc) is 3.32. The Morgan fingerprint density at radius 1 is 1.17 bits per heavy atom. The van der Waals surface area contributed by atoms with Crippen LogP contribution in [0.15, 0.2) is 54.4 Å². The first-order valence-corrected chi connectivity index (χ1v) is 12.5. The number of hydrogen-bond acceptors (Lipinski definition) is 7. The van der Waals surface area contributed by atoms with Crippen molar-refractivity contribution in [3.05, 3.63) is 65.0 Å². The molecule has 0 fully saturated rings. The van der Waals surface area contributed by atoms with E-state index >= 15 is 0 Å². The molecule has 9 heteroatoms. The number of carbonyl (C=O) groups is 3. The molecule has 5 rings (SSSR count). The van der Waals surface area contributed by atoms with Crippen LogP contribution in [-0.4, -0.2) is 48.4 Å². The van der Waals surface area contributed by atoms with E-state index in [0.717, 1.165) is 16.3 Å². The molecule has 0 saturated heterocycles. The number of aromatic nitrogens is 1. The van der Waals surface area contributed by atoms with Crippen molar-refractivity contribution < 1.29 is 23.9 Å². The van der Waals surface area contributed by atoms with Gasteiger partial charge in [-0.05, 0) is 49.7 Å². The summed E-state index contributed by atoms with van der Waals surface area (Å²) in [7, 11) is 0. The maximum Gasteiger partial charge on any atom is 0.268 e. The Bertz CT molecular complexity index is 1380. The minimum absolute atomic E-state index is 0.0630. The average molecular weight is 504 g/mol. The Morgan fingerprint density at radius 2 is 1.94 bits per heavy atom. The molecular weight excluding hydrogens is 478 g/mol. The molecule has 36 heavy (non-hydrogen) atoms. The van der Waals surface area contributed by atoms with Crippen LogP contribution in [0.2, 0.25) is 0 Å². The van der Waals surface area contributed by atoms with Crippen molar-refractivity contribution >= 4 is 40.3 Å². The van der Waals surface area contributed by atoms with Gasteiger partial charge in [0.2, 0.25) is 0 Å². The molecule has 1 unspecified atom stereocenters. The van der Waals surface area contributed by atoms with Gasteiger partial charge in [-0.25, -0.2) is 4.98 Å². The van der Waals surface area contributed by atoms with Gasteiger partial charge in [0.15, 0.2) is 18.5 Å². The molecule has 0 aliphatic carbocycles. The summed E-state index contributed by atoms with van der Waals surface area (Å²) in [6, 6.07) is 10.5. The van der Waals surface area contributed by atoms with E-state index in [1.54, 1.807) is 35.6 Å². The fraction of sp³-hybridized carbons (Fsp3) is 0.259. The van der Waals surface area contributed by atoms with Crippen molar-refractivity contribution in [3.63, 3.8) is 0 Å². The fourth-order valence-corrected chi connectivity index (χ4v) is 4.96. The maximum atomic E-state index is 13.4. The second kappa shape index (κ2) is 9.58. The summed E-state index contributed by atoms with van der Waals surface area (Å²) in [4.78, 5) is 46.6. The first kappa shape index (κ1) is 23.7. The number of ether oxygens (including phenoxy) is 2. The molecule has 2 aliphatic rings. The summed E-state index contributed by atoms with van der Waals surface area (Å²) in [5, 5.41) is 2.90. The highest BCUT2D eigenvalue weighted by Gasteiger charge is 2.35. The van der Waals surface area contributed by atoms with Gasteiger partial charge < -0.3 is 14.4 Å². The summed E-state index contributed by atoms with van der Waals surface area (Å²) in [6.45, 7) is 7.59. The second-order valence-corrected chi connectivity index (χ2v) is 9.62. The first-order valence-electron chi connectivity index (χ1n) is 11.7. The largest absolute Gasteiger partial charge is 0.482 e. The molecule has 1 aromatic heterocycles. The standard InChI is InChI=1S/C27H25N3O5S/c1-4-10-29-20-12-18(7-8-24(20)34-14-26(29)32)22(31)13-30-21-11-17(19-15-36-16(3)28-19)6-9-25(21)35-23(5-2)27(30)33/h4,6-9,11-12,15,23H,1,5,10,13-14H2,2-3H3. The van der Waals surface area contributed by atoms with Crippen LogP contribution in [0.1, 0.15) is 28.7 Å². The quantitative estimate of drug-likeness (QED) is 0.350. The predicted octanol–water partition coefficient (Wildman–Crippen LogP) is 4.42. The molecule has 184 valence electrons. The van der Waals surface area contributed by atoms with Crippen molar-refractivity contribution in [1.29, 1.82) is 0 Å². The number of nitrogens with zero attached hydrogens (tertiary/aromatic N) is 3. The minimum atomic E-state index is -0.671. The number of Topliss-reactive ketones (excluding diaryl/α,β-unsaturated/α-hetero) is 1. The van der Waals surface area contributed by atoms with Crippen LogP contribution in [0.25, 0.3) is 11.3 Å². The Labute approximate surface area is 212 Å². The van der Waals surface area contributed by atoms with Gasteiger partial charge >= 0.3 is 0 Å². The third-order valence-electron chi connectivity index (χ3n) is 6.18. The van der Waals surface area contributed by atoms with E-state index in [4.69, 9.17) is 9.47 Å². The number of amides is 2. The minimum Gasteiger partial charge on any atom is -0.482 e. The highest BCUT2D eigenvalue weighted by atomic mass is 32.1. The smallest absolute Gasteiger partial charge is 0.268 e. The van der Waals surface area contributed by atoms with Crippen LogP contribution in [0.4, 0.5) is 11.4 Å². The number of benzene rings is 2. The number of thiazole rings is 1. The van der Waals surface area contributed by atoms with Crippen molar-refractivity contribution in [2.75, 3.05) is 29.5 Å². The summed E-state index contributed by atoms with van der Waals surface area (Å²) >= 11 is 1.54. The molecule has 0 N–H and O–H groups in total. The van der Waals surface area contributed by atoms with Gasteiger partial charge in [-0.3, -0.25) is 19.3 Å². The van der Waals surface area contributed by atoms with E-state index in [1.165, 1.54) is 9.80 Å². The SMILES string of the molecule is C=CCN1C(=O)COc2ccc(C(=O)CN3C(=O)C(CC)Oc4ccc(-c5csc(C)n5)cc43)cc21. The van der Waals surface area contributed by atoms with Crippen molar-refractivity contribution in [2.45, 2.75) is 26.4 Å². The van der Waals surface area contributed by atoms with Crippen LogP contribution in [0, 0.1) is 6.92 Å². The van der Waals surface area contributed by atoms with Crippen molar-refractivity contribution in [3.8, 4) is 22.8 Å². The molecule has 0 bridgehead atoms. The van der Waals surface area contributed by atoms with Gasteiger partial charge in [0.05, 0.1) is 28.6 Å². The third-order valence-corrected chi connectivity index (χ3v) is 6.96. The topological polar surface area (TPSA) is 89.0 Å². The lowest BCUT2D eigenvalue weighted by Gasteiger charge is -2.34. The van der Waals surface area contributed by atoms with Crippen molar-refractivity contribution in [2.24, 2.45) is 0 Å². The molecule has 8 nitrogen and oxygen atoms in total. The fourth-order valence-electron chi connectivity index (χ4n) is 4.34. The van der Waals surface area contributed by atoms with Gasteiger partial charge in [0.1, 0.15) is 11.5 Å². The van der Waals surface area contributed by atoms with Gasteiger partial charge in [-0.1, -0.05) is 13.0 Å². The zero-order chi connectivity index (χ0) is 25.4. The van der Waals surface area contributed by atoms with Crippen LogP contribution in [0.3, 0.4) is 0 Å². The van der Waals surface area contributed by atoms with Crippen LogP contribution < -0.4 is 19.3 Å². The van der Waals surface area contributed by atoms with Crippen LogP contribution >= 0.6 is 11.3 Å². The van der Waals surface area contributed by atoms with E-state index in [1.807, 2.05) is 37.4 Å². The Kier molecular flexibility index (Phi) is 6.32. The molecule has 2 amide bonds. The molecule has 3 heterocycles. The second-order valence-electron chi connectivity index (χ2n) is 8.56. The lowest BCUT2D eigenvalue weighted by Crippen LogP contribution is -2.47. The zero-order valence-electron chi connectivity index (χ0n) is 20.0. The van der Waals surface area contributed by atoms with Gasteiger partial charge in [-0.2, -0.15) is 0 Å². The summed E-state index contributed by atoms with van der Waals surface area (Å²) in [5.74, 6) is 0.330. The monoisotopic (exact) mass is 503 g/mol. The van der Waals surface area contributed by atoms with Gasteiger partial charge in [0.25, 0.3) is 11.8 Å². The molecule has 0 radical (unpaired) electrons. The number of ketones is 1. The van der Waals surface area contributed by atoms with E-state index < -0.39 is 6.10 Å². The van der Waals surface area contributed by atoms with Crippen LogP contribution in [0.5, 0.6) is 11.5 Å². The molecule has 2 aliphatic heterocycles. The normalized spacial score (nSPS) is 16.7. The van der Waals surface area contributed by atoms with Crippen LogP contribution in [-0.2, 0) is 9.59 Å². The number of hydrogen-bond donors (Lipinski definition) is 0. The molecule has 0 spiro atoms. The number of carbonyl (C=O) groups excluding carboxylic acids is 3. The lowest BCUT2D eigenvalue weighted by atomic mass is 10.0. The zero-order valence-corrected chi connectivity index (χ0v) is 20.8. The highest BCUT2D eigenvalue weighted by molar-refractivity contribution is 7.09. The summed E-state index contributed by atoms with van der Waals surface area (Å²) in [6.07, 6.45) is 1.43. The summed E-state index contributed by atoms with van der Waals surface area (Å²) < 4.78 is 11.5. The number of aryl methyl sites for hydroxylation is 1. The first-order chi connectivity index (χ1) is 17.4. The molecule has 2 aromatic carbocycles. The van der Waals surface area contributed by atoms with E-state index in [0.29, 0.717) is 41.4 Å². The van der Waals surface area contributed by atoms with Gasteiger partial charge in [-0.15, -0.1) is 17.9 Å². The molecule has 1 atom stereocenters. The van der Waals surface area contributed by atoms with E-state index in [9.17, 15) is 14.4 Å². The van der Waals surface area contributed by atoms with Gasteiger partial charge in [0, 0.05) is 23.1 Å². The summed E-state index contributed by atoms with van der Waals surface area (Å²) in [5.41, 5.74) is 3.07. The lowest BCUT2D eigenvalue weighted by molar-refractivity contribution is -0.126. The molecule has 3 aromatic rings. The van der Waals surface area contributed by atoms with E-state index in [2.05, 4.69) is 11.6 Å². The number of fused-ring (bicyclic) bond motifs is 2. The Balaban J connectivity index is 1.48. The third kappa shape index (κ3) is 4.26. The molecular formula is C27H25N3O5S. The number of anilines is 2. The molecule has 0 saturated carbocycles. The maximum absolute atomic E-state index is 13.4. The predicted molar refractivity (Wildman–Crippen MR) is 138 cm³/mol. The van der Waals surface area contributed by atoms with Crippen molar-refractivity contribution in [1.82, 2.24) is 4.98 Å². The Hall–Kier alpha value is -3.98. The van der Waals surface area contributed by atoms with E-state index in [-0.39, 0.29) is 30.7 Å². The number of rotatable bonds is 7.